The molecule has 0 aliphatic carbocycles. The number of fused-ring (bicyclic) bond motifs is 1. The van der Waals surface area contributed by atoms with E-state index in [0.717, 1.165) is 21.7 Å². The van der Waals surface area contributed by atoms with E-state index < -0.39 is 0 Å². The molecule has 3 rings (SSSR count). The van der Waals surface area contributed by atoms with Crippen molar-refractivity contribution in [1.82, 2.24) is 9.97 Å². The standard InChI is InChI=1S/C11H5Cl3N2S/c12-5-1-2-17-10(5)11-15-8-3-6(13)7(14)4-9(8)16-11/h1-4H,(H,15,16). The lowest BCUT2D eigenvalue weighted by molar-refractivity contribution is 1.36. The van der Waals surface area contributed by atoms with E-state index in [2.05, 4.69) is 9.97 Å². The van der Waals surface area contributed by atoms with Gasteiger partial charge in [-0.25, -0.2) is 4.98 Å². The molecule has 0 unspecified atom stereocenters. The second kappa shape index (κ2) is 4.18. The lowest BCUT2D eigenvalue weighted by Crippen LogP contribution is -1.74. The number of thiophene rings is 1. The summed E-state index contributed by atoms with van der Waals surface area (Å²) < 4.78 is 0. The van der Waals surface area contributed by atoms with Crippen molar-refractivity contribution >= 4 is 57.2 Å². The molecule has 0 saturated carbocycles. The number of aromatic nitrogens is 2. The highest BCUT2D eigenvalue weighted by molar-refractivity contribution is 7.14. The Bertz CT molecular complexity index is 663. The maximum Gasteiger partial charge on any atom is 0.150 e. The highest BCUT2D eigenvalue weighted by Crippen LogP contribution is 2.34. The highest BCUT2D eigenvalue weighted by atomic mass is 35.5. The minimum atomic E-state index is 0.495. The molecule has 6 heteroatoms. The lowest BCUT2D eigenvalue weighted by atomic mass is 10.3. The molecular formula is C11H5Cl3N2S. The Morgan fingerprint density at radius 3 is 2.53 bits per heavy atom. The van der Waals surface area contributed by atoms with E-state index in [1.54, 1.807) is 12.1 Å². The normalized spacial score (nSPS) is 11.2. The summed E-state index contributed by atoms with van der Waals surface area (Å²) in [6.07, 6.45) is 0. The summed E-state index contributed by atoms with van der Waals surface area (Å²) in [6, 6.07) is 5.34. The maximum atomic E-state index is 6.06. The topological polar surface area (TPSA) is 28.7 Å². The van der Waals surface area contributed by atoms with Crippen LogP contribution in [0.4, 0.5) is 0 Å². The van der Waals surface area contributed by atoms with Crippen molar-refractivity contribution in [3.63, 3.8) is 0 Å². The van der Waals surface area contributed by atoms with Gasteiger partial charge in [0.2, 0.25) is 0 Å². The Morgan fingerprint density at radius 2 is 1.82 bits per heavy atom. The first kappa shape index (κ1) is 11.4. The van der Waals surface area contributed by atoms with Crippen LogP contribution in [0.25, 0.3) is 21.7 Å². The van der Waals surface area contributed by atoms with Crippen molar-refractivity contribution in [3.05, 3.63) is 38.6 Å². The number of hydrogen-bond donors (Lipinski definition) is 1. The minimum Gasteiger partial charge on any atom is -0.337 e. The van der Waals surface area contributed by atoms with Gasteiger partial charge in [-0.05, 0) is 23.6 Å². The van der Waals surface area contributed by atoms with Gasteiger partial charge in [-0.1, -0.05) is 34.8 Å². The molecule has 17 heavy (non-hydrogen) atoms. The fourth-order valence-corrected chi connectivity index (χ4v) is 2.99. The van der Waals surface area contributed by atoms with E-state index >= 15 is 0 Å². The number of benzene rings is 1. The summed E-state index contributed by atoms with van der Waals surface area (Å²) >= 11 is 19.5. The number of rotatable bonds is 1. The first-order chi connectivity index (χ1) is 8.15. The number of H-pyrrole nitrogens is 1. The van der Waals surface area contributed by atoms with Crippen molar-refractivity contribution < 1.29 is 0 Å². The summed E-state index contributed by atoms with van der Waals surface area (Å²) in [5.41, 5.74) is 1.62. The first-order valence-corrected chi connectivity index (χ1v) is 6.74. The van der Waals surface area contributed by atoms with Gasteiger partial charge < -0.3 is 4.98 Å². The molecule has 0 fully saturated rings. The van der Waals surface area contributed by atoms with Gasteiger partial charge >= 0.3 is 0 Å². The summed E-state index contributed by atoms with van der Waals surface area (Å²) in [5, 5.41) is 3.61. The van der Waals surface area contributed by atoms with Crippen LogP contribution in [0.15, 0.2) is 23.6 Å². The van der Waals surface area contributed by atoms with Gasteiger partial charge in [-0.3, -0.25) is 0 Å². The monoisotopic (exact) mass is 302 g/mol. The molecule has 0 aliphatic heterocycles. The van der Waals surface area contributed by atoms with Crippen LogP contribution >= 0.6 is 46.1 Å². The zero-order valence-electron chi connectivity index (χ0n) is 8.30. The van der Waals surface area contributed by atoms with Gasteiger partial charge in [-0.2, -0.15) is 0 Å². The Morgan fingerprint density at radius 1 is 1.06 bits per heavy atom. The van der Waals surface area contributed by atoms with E-state index in [1.807, 2.05) is 11.4 Å². The van der Waals surface area contributed by atoms with Crippen LogP contribution in [0.3, 0.4) is 0 Å². The summed E-state index contributed by atoms with van der Waals surface area (Å²) in [5.74, 6) is 0.735. The highest BCUT2D eigenvalue weighted by Gasteiger charge is 2.11. The first-order valence-electron chi connectivity index (χ1n) is 4.73. The van der Waals surface area contributed by atoms with Crippen LogP contribution in [-0.4, -0.2) is 9.97 Å². The third-order valence-electron chi connectivity index (χ3n) is 2.36. The van der Waals surface area contributed by atoms with Crippen LogP contribution in [0.1, 0.15) is 0 Å². The molecule has 86 valence electrons. The molecule has 0 aliphatic rings. The average molecular weight is 304 g/mol. The Kier molecular flexibility index (Phi) is 2.79. The second-order valence-corrected chi connectivity index (χ2v) is 5.60. The van der Waals surface area contributed by atoms with Crippen molar-refractivity contribution in [1.29, 1.82) is 0 Å². The second-order valence-electron chi connectivity index (χ2n) is 3.47. The summed E-state index contributed by atoms with van der Waals surface area (Å²) in [7, 11) is 0. The molecule has 0 saturated heterocycles. The maximum absolute atomic E-state index is 6.06. The van der Waals surface area contributed by atoms with Gasteiger partial charge in [0.05, 0.1) is 31.0 Å². The van der Waals surface area contributed by atoms with Crippen LogP contribution in [0.2, 0.25) is 15.1 Å². The van der Waals surface area contributed by atoms with Crippen LogP contribution in [-0.2, 0) is 0 Å². The molecule has 0 spiro atoms. The molecule has 0 radical (unpaired) electrons. The molecule has 1 aromatic carbocycles. The van der Waals surface area contributed by atoms with Gasteiger partial charge in [-0.15, -0.1) is 11.3 Å². The summed E-state index contributed by atoms with van der Waals surface area (Å²) in [4.78, 5) is 8.54. The largest absolute Gasteiger partial charge is 0.337 e. The molecular weight excluding hydrogens is 299 g/mol. The molecule has 1 N–H and O–H groups in total. The lowest BCUT2D eigenvalue weighted by Gasteiger charge is -1.93. The quantitative estimate of drug-likeness (QED) is 0.653. The number of hydrogen-bond acceptors (Lipinski definition) is 2. The molecule has 0 bridgehead atoms. The SMILES string of the molecule is Clc1cc2nc(-c3sccc3Cl)[nH]c2cc1Cl. The Hall–Kier alpha value is -0.740. The summed E-state index contributed by atoms with van der Waals surface area (Å²) in [6.45, 7) is 0. The third kappa shape index (κ3) is 1.93. The smallest absolute Gasteiger partial charge is 0.150 e. The van der Waals surface area contributed by atoms with E-state index in [9.17, 15) is 0 Å². The zero-order chi connectivity index (χ0) is 12.0. The molecule has 3 aromatic rings. The molecule has 2 nitrogen and oxygen atoms in total. The van der Waals surface area contributed by atoms with Gasteiger partial charge in [0.25, 0.3) is 0 Å². The van der Waals surface area contributed by atoms with Crippen molar-refractivity contribution in [2.75, 3.05) is 0 Å². The number of halogens is 3. The van der Waals surface area contributed by atoms with Crippen LogP contribution in [0.5, 0.6) is 0 Å². The molecule has 0 amide bonds. The molecule has 0 atom stereocenters. The van der Waals surface area contributed by atoms with Crippen molar-refractivity contribution in [2.45, 2.75) is 0 Å². The van der Waals surface area contributed by atoms with Crippen molar-refractivity contribution in [2.24, 2.45) is 0 Å². The van der Waals surface area contributed by atoms with Gasteiger partial charge in [0, 0.05) is 0 Å². The van der Waals surface area contributed by atoms with E-state index in [0.29, 0.717) is 15.1 Å². The molecule has 2 aromatic heterocycles. The number of aromatic amines is 1. The number of nitrogens with zero attached hydrogens (tertiary/aromatic N) is 1. The number of imidazole rings is 1. The van der Waals surface area contributed by atoms with Crippen LogP contribution < -0.4 is 0 Å². The fraction of sp³-hybridized carbons (Fsp3) is 0. The molecule has 2 heterocycles. The minimum absolute atomic E-state index is 0.495. The number of nitrogens with one attached hydrogen (secondary N) is 1. The van der Waals surface area contributed by atoms with E-state index in [1.165, 1.54) is 11.3 Å². The third-order valence-corrected chi connectivity index (χ3v) is 4.43. The zero-order valence-corrected chi connectivity index (χ0v) is 11.4. The Balaban J connectivity index is 2.24. The predicted octanol–water partition coefficient (Wildman–Crippen LogP) is 5.25. The van der Waals surface area contributed by atoms with E-state index in [4.69, 9.17) is 34.8 Å². The van der Waals surface area contributed by atoms with Gasteiger partial charge in [0.1, 0.15) is 5.82 Å². The predicted molar refractivity (Wildman–Crippen MR) is 74.4 cm³/mol. The Labute approximate surface area is 116 Å². The van der Waals surface area contributed by atoms with Crippen LogP contribution in [0, 0.1) is 0 Å². The fourth-order valence-electron chi connectivity index (χ4n) is 1.58. The van der Waals surface area contributed by atoms with Gasteiger partial charge in [0.15, 0.2) is 0 Å². The van der Waals surface area contributed by atoms with Crippen molar-refractivity contribution in [3.8, 4) is 10.7 Å². The van der Waals surface area contributed by atoms with E-state index in [-0.39, 0.29) is 0 Å². The average Bonchev–Trinajstić information content (AvgIpc) is 2.85.